The van der Waals surface area contributed by atoms with Crippen LogP contribution in [0.15, 0.2) is 0 Å². The molecule has 2 bridgehead atoms. The second-order valence-corrected chi connectivity index (χ2v) is 11.7. The summed E-state index contributed by atoms with van der Waals surface area (Å²) >= 11 is 0. The molecule has 190 valence electrons. The number of ketones is 1. The van der Waals surface area contributed by atoms with Crippen LogP contribution >= 0.6 is 0 Å². The summed E-state index contributed by atoms with van der Waals surface area (Å²) in [4.78, 5) is 35.9. The molecule has 1 aliphatic heterocycles. The maximum atomic E-state index is 13.1. The lowest BCUT2D eigenvalue weighted by atomic mass is 9.42. The Bertz CT molecular complexity index is 888. The number of esters is 2. The highest BCUT2D eigenvalue weighted by molar-refractivity contribution is 5.85. The van der Waals surface area contributed by atoms with Crippen molar-refractivity contribution in [1.82, 2.24) is 0 Å². The number of carbonyl (C=O) groups is 3. The Morgan fingerprint density at radius 3 is 2.41 bits per heavy atom. The fourth-order valence-corrected chi connectivity index (χ4v) is 9.33. The maximum Gasteiger partial charge on any atom is 0.303 e. The third-order valence-electron chi connectivity index (χ3n) is 10.5. The summed E-state index contributed by atoms with van der Waals surface area (Å²) in [7, 11) is 1.65. The molecule has 8 nitrogen and oxygen atoms in total. The highest BCUT2D eigenvalue weighted by Gasteiger charge is 2.79. The van der Waals surface area contributed by atoms with Gasteiger partial charge in [0.25, 0.3) is 0 Å². The van der Waals surface area contributed by atoms with Gasteiger partial charge in [0.1, 0.15) is 12.7 Å². The van der Waals surface area contributed by atoms with Crippen molar-refractivity contribution in [3.05, 3.63) is 0 Å². The Hall–Kier alpha value is -1.51. The molecular weight excluding hydrogens is 440 g/mol. The SMILES string of the molecule is CO[C@@H]1O[C@]23CC[C@@]4(O)C[C@@H](OC(C)=O)CC[C@]14[C@@H]2CC[C@@]1(C)[C@H](C(=O)COC(C)=O)CC[C@@H]13. The van der Waals surface area contributed by atoms with E-state index in [4.69, 9.17) is 18.9 Å². The number of Topliss-reactive ketones (excluding diaryl/α,β-unsaturated/α-hetero) is 1. The third kappa shape index (κ3) is 3.10. The molecule has 0 aromatic heterocycles. The summed E-state index contributed by atoms with van der Waals surface area (Å²) < 4.78 is 23.4. The number of ether oxygens (including phenoxy) is 4. The molecular formula is C26H38O8. The first-order valence-corrected chi connectivity index (χ1v) is 12.8. The minimum absolute atomic E-state index is 0.000237. The lowest BCUT2D eigenvalue weighted by Gasteiger charge is -2.63. The number of hydrogen-bond acceptors (Lipinski definition) is 8. The summed E-state index contributed by atoms with van der Waals surface area (Å²) in [5, 5.41) is 12.1. The zero-order valence-electron chi connectivity index (χ0n) is 20.8. The maximum absolute atomic E-state index is 13.1. The summed E-state index contributed by atoms with van der Waals surface area (Å²) in [5.41, 5.74) is -2.24. The van der Waals surface area contributed by atoms with Crippen molar-refractivity contribution < 1.29 is 38.4 Å². The van der Waals surface area contributed by atoms with Crippen molar-refractivity contribution in [3.63, 3.8) is 0 Å². The zero-order chi connectivity index (χ0) is 24.5. The zero-order valence-corrected chi connectivity index (χ0v) is 20.8. The highest BCUT2D eigenvalue weighted by Crippen LogP contribution is 2.75. The second-order valence-electron chi connectivity index (χ2n) is 11.7. The minimum Gasteiger partial charge on any atom is -0.462 e. The van der Waals surface area contributed by atoms with Crippen molar-refractivity contribution in [2.75, 3.05) is 13.7 Å². The highest BCUT2D eigenvalue weighted by atomic mass is 16.7. The predicted molar refractivity (Wildman–Crippen MR) is 119 cm³/mol. The topological polar surface area (TPSA) is 108 Å². The number of rotatable bonds is 5. The van der Waals surface area contributed by atoms with Crippen molar-refractivity contribution in [1.29, 1.82) is 0 Å². The van der Waals surface area contributed by atoms with Gasteiger partial charge in [0.2, 0.25) is 0 Å². The van der Waals surface area contributed by atoms with Crippen LogP contribution in [0.4, 0.5) is 0 Å². The predicted octanol–water partition coefficient (Wildman–Crippen LogP) is 2.93. The fourth-order valence-electron chi connectivity index (χ4n) is 9.33. The Balaban J connectivity index is 1.46. The molecule has 1 spiro atoms. The van der Waals surface area contributed by atoms with Crippen LogP contribution in [0.3, 0.4) is 0 Å². The number of hydrogen-bond donors (Lipinski definition) is 1. The molecule has 0 aromatic rings. The molecule has 1 saturated heterocycles. The monoisotopic (exact) mass is 478 g/mol. The number of methoxy groups -OCH3 is 1. The van der Waals surface area contributed by atoms with E-state index in [0.29, 0.717) is 32.1 Å². The summed E-state index contributed by atoms with van der Waals surface area (Å²) in [6.07, 6.45) is 5.60. The molecule has 4 aliphatic carbocycles. The molecule has 1 N–H and O–H groups in total. The first-order chi connectivity index (χ1) is 16.0. The van der Waals surface area contributed by atoms with E-state index in [-0.39, 0.29) is 47.6 Å². The average Bonchev–Trinajstić information content (AvgIpc) is 3.23. The van der Waals surface area contributed by atoms with Crippen LogP contribution in [-0.2, 0) is 33.3 Å². The summed E-state index contributed by atoms with van der Waals surface area (Å²) in [5.74, 6) is -0.603. The molecule has 1 heterocycles. The van der Waals surface area contributed by atoms with E-state index in [1.807, 2.05) is 0 Å². The Morgan fingerprint density at radius 1 is 0.971 bits per heavy atom. The molecule has 4 saturated carbocycles. The van der Waals surface area contributed by atoms with Gasteiger partial charge in [-0.25, -0.2) is 0 Å². The van der Waals surface area contributed by atoms with Crippen LogP contribution in [0, 0.1) is 28.6 Å². The van der Waals surface area contributed by atoms with Crippen molar-refractivity contribution >= 4 is 17.7 Å². The van der Waals surface area contributed by atoms with E-state index in [1.54, 1.807) is 7.11 Å². The number of fused-ring (bicyclic) bond motifs is 1. The molecule has 5 rings (SSSR count). The Kier molecular flexibility index (Phi) is 5.69. The van der Waals surface area contributed by atoms with Gasteiger partial charge < -0.3 is 24.1 Å². The van der Waals surface area contributed by atoms with Crippen LogP contribution in [0.1, 0.15) is 78.6 Å². The quantitative estimate of drug-likeness (QED) is 0.601. The lowest BCUT2D eigenvalue weighted by molar-refractivity contribution is -0.241. The lowest BCUT2D eigenvalue weighted by Crippen LogP contribution is -2.67. The molecule has 0 radical (unpaired) electrons. The van der Waals surface area contributed by atoms with E-state index in [9.17, 15) is 19.5 Å². The van der Waals surface area contributed by atoms with Gasteiger partial charge in [-0.05, 0) is 62.7 Å². The van der Waals surface area contributed by atoms with Gasteiger partial charge in [-0.15, -0.1) is 0 Å². The first-order valence-electron chi connectivity index (χ1n) is 12.8. The van der Waals surface area contributed by atoms with Gasteiger partial charge in [0.15, 0.2) is 12.1 Å². The standard InChI is InChI=1S/C26H38O8/c1-15(27)32-14-19(29)18-5-6-20-23(18,3)9-8-21-25-10-7-17(33-16(2)28)13-24(25,30)11-12-26(20,21)34-22(25)31-4/h17-18,20-22,30H,5-14H2,1-4H3/t17-,18-,20-,21-,22+,23-,24+,25-,26-/m0/s1. The number of carbonyl (C=O) groups excluding carboxylic acids is 3. The smallest absolute Gasteiger partial charge is 0.303 e. The molecule has 5 fully saturated rings. The van der Waals surface area contributed by atoms with E-state index >= 15 is 0 Å². The minimum atomic E-state index is -1.02. The Morgan fingerprint density at radius 2 is 1.74 bits per heavy atom. The van der Waals surface area contributed by atoms with E-state index in [1.165, 1.54) is 13.8 Å². The van der Waals surface area contributed by atoms with Gasteiger partial charge in [0.05, 0.1) is 16.6 Å². The van der Waals surface area contributed by atoms with Gasteiger partial charge in [0, 0.05) is 39.2 Å². The average molecular weight is 479 g/mol. The van der Waals surface area contributed by atoms with Gasteiger partial charge in [-0.3, -0.25) is 14.4 Å². The van der Waals surface area contributed by atoms with Gasteiger partial charge >= 0.3 is 11.9 Å². The van der Waals surface area contributed by atoms with Crippen LogP contribution in [0.25, 0.3) is 0 Å². The summed E-state index contributed by atoms with van der Waals surface area (Å²) in [6.45, 7) is 4.78. The molecule has 0 unspecified atom stereocenters. The van der Waals surface area contributed by atoms with Crippen LogP contribution in [-0.4, -0.2) is 60.1 Å². The normalized spacial score (nSPS) is 48.9. The first kappa shape index (κ1) is 24.2. The molecule has 0 amide bonds. The number of aliphatic hydroxyl groups is 1. The second kappa shape index (κ2) is 8.00. The van der Waals surface area contributed by atoms with Crippen LogP contribution < -0.4 is 0 Å². The molecule has 34 heavy (non-hydrogen) atoms. The largest absolute Gasteiger partial charge is 0.462 e. The molecule has 9 atom stereocenters. The summed E-state index contributed by atoms with van der Waals surface area (Å²) in [6, 6.07) is 0. The molecule has 8 heteroatoms. The van der Waals surface area contributed by atoms with E-state index < -0.39 is 28.9 Å². The van der Waals surface area contributed by atoms with Gasteiger partial charge in [-0.2, -0.15) is 0 Å². The van der Waals surface area contributed by atoms with E-state index in [2.05, 4.69) is 6.92 Å². The Labute approximate surface area is 201 Å². The van der Waals surface area contributed by atoms with Crippen LogP contribution in [0.2, 0.25) is 0 Å². The van der Waals surface area contributed by atoms with Crippen LogP contribution in [0.5, 0.6) is 0 Å². The van der Waals surface area contributed by atoms with Crippen molar-refractivity contribution in [2.24, 2.45) is 28.6 Å². The third-order valence-corrected chi connectivity index (χ3v) is 10.5. The molecule has 0 aromatic carbocycles. The van der Waals surface area contributed by atoms with Crippen molar-refractivity contribution in [2.45, 2.75) is 102 Å². The fraction of sp³-hybridized carbons (Fsp3) is 0.885. The van der Waals surface area contributed by atoms with E-state index in [0.717, 1.165) is 25.7 Å². The van der Waals surface area contributed by atoms with Gasteiger partial charge in [-0.1, -0.05) is 6.92 Å². The molecule has 5 aliphatic rings. The van der Waals surface area contributed by atoms with Crippen molar-refractivity contribution in [3.8, 4) is 0 Å².